The molecule has 3 amide bonds. The molecule has 6 rings (SSSR count). The lowest BCUT2D eigenvalue weighted by molar-refractivity contribution is -0.145. The number of halogens is 1. The molecule has 0 saturated heterocycles. The van der Waals surface area contributed by atoms with Crippen molar-refractivity contribution >= 4 is 43.6 Å². The van der Waals surface area contributed by atoms with Crippen LogP contribution in [-0.2, 0) is 63.0 Å². The number of ether oxygens (including phenoxy) is 1. The van der Waals surface area contributed by atoms with Gasteiger partial charge in [0.25, 0.3) is 0 Å². The van der Waals surface area contributed by atoms with Gasteiger partial charge in [-0.15, -0.1) is 0 Å². The van der Waals surface area contributed by atoms with E-state index < -0.39 is 44.2 Å². The third-order valence-electron chi connectivity index (χ3n) is 15.0. The number of carboxylic acid groups (broad SMARTS) is 1. The molecule has 14 nitrogen and oxygen atoms in total. The zero-order chi connectivity index (χ0) is 54.1. The van der Waals surface area contributed by atoms with Crippen LogP contribution in [0.3, 0.4) is 0 Å². The maximum absolute atomic E-state index is 15.0. The molecule has 5 aromatic rings. The molecular formula is C58H78ClN7O7Si. The van der Waals surface area contributed by atoms with Gasteiger partial charge in [0.15, 0.2) is 8.32 Å². The van der Waals surface area contributed by atoms with Gasteiger partial charge >= 0.3 is 5.97 Å². The van der Waals surface area contributed by atoms with E-state index in [0.717, 1.165) is 64.3 Å². The number of imidazole rings is 1. The maximum atomic E-state index is 15.0. The molecule has 1 aromatic heterocycles. The molecule has 0 bridgehead atoms. The molecule has 0 radical (unpaired) electrons. The lowest BCUT2D eigenvalue weighted by Crippen LogP contribution is -2.58. The molecule has 1 aliphatic carbocycles. The van der Waals surface area contributed by atoms with Crippen LogP contribution in [-0.4, -0.2) is 121 Å². The van der Waals surface area contributed by atoms with E-state index in [0.29, 0.717) is 35.9 Å². The van der Waals surface area contributed by atoms with Crippen molar-refractivity contribution in [1.82, 2.24) is 34.9 Å². The SMILES string of the molecule is CCc1ccc(CN[C@@H](C)C(=O)N[C@@H](CO[Si](C)(C)C(C)(C)C)C(=O)N(C)[C@H](Cc2ccc(Cl)cc2)CN(C)C(=O)[C@@H](CC(=O)O)[C@@H]2CCc3ccccc32)c(Oc2ccc(-c3cnc(CN(C)C)n3C)cc2)c1. The highest BCUT2D eigenvalue weighted by Gasteiger charge is 2.41. The van der Waals surface area contributed by atoms with Crippen molar-refractivity contribution in [3.8, 4) is 22.8 Å². The first-order valence-electron chi connectivity index (χ1n) is 25.7. The molecule has 3 N–H and O–H groups in total. The van der Waals surface area contributed by atoms with Crippen LogP contribution in [0.15, 0.2) is 97.2 Å². The lowest BCUT2D eigenvalue weighted by atomic mass is 9.84. The zero-order valence-electron chi connectivity index (χ0n) is 45.5. The van der Waals surface area contributed by atoms with Gasteiger partial charge in [0, 0.05) is 50.4 Å². The van der Waals surface area contributed by atoms with Gasteiger partial charge in [0.1, 0.15) is 23.4 Å². The average molecular weight is 1050 g/mol. The first kappa shape index (κ1) is 57.4. The first-order valence-corrected chi connectivity index (χ1v) is 29.0. The Bertz CT molecular complexity index is 2720. The van der Waals surface area contributed by atoms with Gasteiger partial charge in [-0.05, 0) is 135 Å². The molecule has 5 atom stereocenters. The van der Waals surface area contributed by atoms with Crippen LogP contribution in [0.5, 0.6) is 11.5 Å². The summed E-state index contributed by atoms with van der Waals surface area (Å²) in [7, 11) is 6.99. The molecule has 1 aliphatic rings. The van der Waals surface area contributed by atoms with Crippen molar-refractivity contribution in [2.75, 3.05) is 41.3 Å². The van der Waals surface area contributed by atoms with Gasteiger partial charge in [0.2, 0.25) is 17.7 Å². The van der Waals surface area contributed by atoms with Crippen LogP contribution in [0.1, 0.15) is 87.0 Å². The Labute approximate surface area is 444 Å². The van der Waals surface area contributed by atoms with Crippen LogP contribution < -0.4 is 15.4 Å². The Kier molecular flexibility index (Phi) is 19.5. The molecule has 0 unspecified atom stereocenters. The van der Waals surface area contributed by atoms with E-state index >= 15 is 4.79 Å². The number of aryl methyl sites for hydroxylation is 2. The second-order valence-electron chi connectivity index (χ2n) is 21.7. The molecule has 398 valence electrons. The predicted molar refractivity (Wildman–Crippen MR) is 296 cm³/mol. The number of aliphatic carboxylic acids is 1. The van der Waals surface area contributed by atoms with Gasteiger partial charge in [-0.1, -0.05) is 87.8 Å². The van der Waals surface area contributed by atoms with Crippen molar-refractivity contribution in [3.05, 3.63) is 136 Å². The molecule has 4 aromatic carbocycles. The van der Waals surface area contributed by atoms with Crippen molar-refractivity contribution in [2.24, 2.45) is 13.0 Å². The number of hydrogen-bond donors (Lipinski definition) is 3. The predicted octanol–water partition coefficient (Wildman–Crippen LogP) is 9.49. The zero-order valence-corrected chi connectivity index (χ0v) is 47.3. The number of carbonyl (C=O) groups is 4. The third kappa shape index (κ3) is 14.7. The first-order chi connectivity index (χ1) is 35.0. The second kappa shape index (κ2) is 25.1. The quantitative estimate of drug-likeness (QED) is 0.0509. The minimum absolute atomic E-state index is 0.0601. The number of benzene rings is 4. The summed E-state index contributed by atoms with van der Waals surface area (Å²) in [6.07, 6.45) is 4.18. The van der Waals surface area contributed by atoms with Crippen molar-refractivity contribution in [1.29, 1.82) is 0 Å². The van der Waals surface area contributed by atoms with Crippen LogP contribution in [0.4, 0.5) is 0 Å². The number of rotatable bonds is 24. The number of nitrogens with one attached hydrogen (secondary N) is 2. The largest absolute Gasteiger partial charge is 0.481 e. The third-order valence-corrected chi connectivity index (χ3v) is 19.8. The van der Waals surface area contributed by atoms with E-state index in [2.05, 4.69) is 71.9 Å². The van der Waals surface area contributed by atoms with E-state index in [1.54, 1.807) is 43.0 Å². The summed E-state index contributed by atoms with van der Waals surface area (Å²) in [6.45, 7) is 15.5. The second-order valence-corrected chi connectivity index (χ2v) is 27.0. The highest BCUT2D eigenvalue weighted by Crippen LogP contribution is 2.41. The Balaban J connectivity index is 1.20. The average Bonchev–Trinajstić information content (AvgIpc) is 3.95. The van der Waals surface area contributed by atoms with E-state index in [-0.39, 0.29) is 42.3 Å². The lowest BCUT2D eigenvalue weighted by Gasteiger charge is -2.39. The van der Waals surface area contributed by atoms with E-state index in [1.165, 1.54) is 0 Å². The molecule has 0 aliphatic heterocycles. The molecular weight excluding hydrogens is 970 g/mol. The molecule has 0 spiro atoms. The fourth-order valence-corrected chi connectivity index (χ4v) is 10.4. The fourth-order valence-electron chi connectivity index (χ4n) is 9.29. The van der Waals surface area contributed by atoms with Crippen LogP contribution in [0.25, 0.3) is 11.3 Å². The van der Waals surface area contributed by atoms with Gasteiger partial charge in [0.05, 0.1) is 49.5 Å². The van der Waals surface area contributed by atoms with Gasteiger partial charge < -0.3 is 44.2 Å². The molecule has 0 saturated carbocycles. The molecule has 1 heterocycles. The monoisotopic (exact) mass is 1050 g/mol. The van der Waals surface area contributed by atoms with Gasteiger partial charge in [-0.3, -0.25) is 19.2 Å². The van der Waals surface area contributed by atoms with Crippen molar-refractivity contribution < 1.29 is 33.4 Å². The molecule has 16 heteroatoms. The summed E-state index contributed by atoms with van der Waals surface area (Å²) in [5.41, 5.74) is 7.00. The number of nitrogens with zero attached hydrogens (tertiary/aromatic N) is 5. The fraction of sp³-hybridized carbons (Fsp3) is 0.466. The number of amides is 3. The Morgan fingerprint density at radius 2 is 1.61 bits per heavy atom. The van der Waals surface area contributed by atoms with E-state index in [1.807, 2.05) is 100 Å². The maximum Gasteiger partial charge on any atom is 0.304 e. The molecule has 0 fully saturated rings. The minimum atomic E-state index is -2.43. The minimum Gasteiger partial charge on any atom is -0.481 e. The van der Waals surface area contributed by atoms with Gasteiger partial charge in [-0.2, -0.15) is 0 Å². The number of carbonyl (C=O) groups excluding carboxylic acids is 3. The topological polar surface area (TPSA) is 159 Å². The van der Waals surface area contributed by atoms with Crippen LogP contribution in [0, 0.1) is 5.92 Å². The number of carboxylic acids is 1. The summed E-state index contributed by atoms with van der Waals surface area (Å²) in [6, 6.07) is 26.9. The smallest absolute Gasteiger partial charge is 0.304 e. The number of hydrogen-bond acceptors (Lipinski definition) is 9. The number of aromatic nitrogens is 2. The summed E-state index contributed by atoms with van der Waals surface area (Å²) in [5, 5.41) is 16.9. The van der Waals surface area contributed by atoms with Gasteiger partial charge in [-0.25, -0.2) is 4.98 Å². The summed E-state index contributed by atoms with van der Waals surface area (Å²) < 4.78 is 15.3. The summed E-state index contributed by atoms with van der Waals surface area (Å²) in [5.74, 6) is -0.855. The molecule has 74 heavy (non-hydrogen) atoms. The van der Waals surface area contributed by atoms with Crippen LogP contribution in [0.2, 0.25) is 23.2 Å². The summed E-state index contributed by atoms with van der Waals surface area (Å²) >= 11 is 6.30. The standard InChI is InChI=1S/C58H78ClN7O7Si/c1-13-39-18-21-43(52(31-39)73-46-27-22-42(23-28-46)51-34-61-53(66(51)10)36-63(6)7)33-60-38(2)55(69)62-50(37-72-74(11,12)58(3,4)5)57(71)65(9)45(30-40-19-25-44(59)26-20-40)35-64(8)56(70)49(32-54(67)68)48-29-24-41-16-14-15-17-47(41)48/h14-23,25-28,31,34,38,45,48-50,60H,13,24,29-30,32-33,35-37H2,1-12H3,(H,62,69)(H,67,68)/t38-,45+,48+,49-,50-/m0/s1. The number of likely N-dealkylation sites (N-methyl/N-ethyl adjacent to an activating group) is 2. The van der Waals surface area contributed by atoms with E-state index in [9.17, 15) is 19.5 Å². The van der Waals surface area contributed by atoms with Crippen molar-refractivity contribution in [2.45, 2.75) is 122 Å². The van der Waals surface area contributed by atoms with Crippen molar-refractivity contribution in [3.63, 3.8) is 0 Å². The normalized spacial score (nSPS) is 15.2. The van der Waals surface area contributed by atoms with E-state index in [4.69, 9.17) is 20.8 Å². The number of fused-ring (bicyclic) bond motifs is 1. The Morgan fingerprint density at radius 1 is 0.932 bits per heavy atom. The van der Waals surface area contributed by atoms with Crippen LogP contribution >= 0.6 is 11.6 Å². The highest BCUT2D eigenvalue weighted by molar-refractivity contribution is 6.74. The summed E-state index contributed by atoms with van der Waals surface area (Å²) in [4.78, 5) is 66.1. The Morgan fingerprint density at radius 3 is 2.26 bits per heavy atom. The highest BCUT2D eigenvalue weighted by atomic mass is 35.5. The Hall–Kier alpha value is -5.84.